The molecule has 1 aliphatic rings. The fourth-order valence-electron chi connectivity index (χ4n) is 2.63. The lowest BCUT2D eigenvalue weighted by molar-refractivity contribution is -0.274. The predicted octanol–water partition coefficient (Wildman–Crippen LogP) is 2.91. The summed E-state index contributed by atoms with van der Waals surface area (Å²) in [6, 6.07) is 12.8. The number of nitrogens with zero attached hydrogens (tertiary/aromatic N) is 3. The lowest BCUT2D eigenvalue weighted by Gasteiger charge is -2.17. The quantitative estimate of drug-likeness (QED) is 0.634. The highest BCUT2D eigenvalue weighted by atomic mass is 19.4. The number of ether oxygens (including phenoxy) is 1. The zero-order chi connectivity index (χ0) is 18.7. The van der Waals surface area contributed by atoms with Gasteiger partial charge in [-0.1, -0.05) is 18.2 Å². The maximum atomic E-state index is 12.1. The SMILES string of the molecule is NC(=Nc1ccc(OC(F)(F)F)cc1)/N=C(\N)N1CCc2ccccc21. The monoisotopic (exact) mass is 363 g/mol. The van der Waals surface area contributed by atoms with E-state index in [1.807, 2.05) is 29.2 Å². The minimum absolute atomic E-state index is 0.101. The number of hydrogen-bond donors (Lipinski definition) is 2. The molecule has 0 saturated heterocycles. The van der Waals surface area contributed by atoms with Crippen molar-refractivity contribution < 1.29 is 17.9 Å². The Kier molecular flexibility index (Phi) is 4.70. The maximum absolute atomic E-state index is 12.1. The number of anilines is 1. The van der Waals surface area contributed by atoms with Gasteiger partial charge in [-0.25, -0.2) is 4.99 Å². The van der Waals surface area contributed by atoms with E-state index in [0.29, 0.717) is 12.2 Å². The third kappa shape index (κ3) is 4.24. The van der Waals surface area contributed by atoms with Crippen molar-refractivity contribution in [2.24, 2.45) is 21.5 Å². The van der Waals surface area contributed by atoms with E-state index in [2.05, 4.69) is 14.7 Å². The molecule has 2 aromatic rings. The van der Waals surface area contributed by atoms with Crippen LogP contribution in [0.1, 0.15) is 5.56 Å². The van der Waals surface area contributed by atoms with Gasteiger partial charge in [-0.15, -0.1) is 13.2 Å². The third-order valence-electron chi connectivity index (χ3n) is 3.71. The Bertz CT molecular complexity index is 846. The number of rotatable bonds is 2. The number of para-hydroxylation sites is 1. The second kappa shape index (κ2) is 6.95. The summed E-state index contributed by atoms with van der Waals surface area (Å²) in [4.78, 5) is 9.93. The molecule has 1 heterocycles. The number of hydrogen-bond acceptors (Lipinski definition) is 2. The molecular formula is C17H16F3N5O. The molecule has 0 unspecified atom stereocenters. The predicted molar refractivity (Wildman–Crippen MR) is 93.5 cm³/mol. The van der Waals surface area contributed by atoms with E-state index in [-0.39, 0.29) is 17.7 Å². The molecule has 1 aliphatic heterocycles. The van der Waals surface area contributed by atoms with Gasteiger partial charge in [0.25, 0.3) is 0 Å². The molecule has 3 rings (SSSR count). The van der Waals surface area contributed by atoms with Crippen LogP contribution in [0.4, 0.5) is 24.5 Å². The lowest BCUT2D eigenvalue weighted by atomic mass is 10.2. The van der Waals surface area contributed by atoms with Gasteiger partial charge in [0.2, 0.25) is 11.9 Å². The molecule has 0 aliphatic carbocycles. The fourth-order valence-corrected chi connectivity index (χ4v) is 2.63. The third-order valence-corrected chi connectivity index (χ3v) is 3.71. The van der Waals surface area contributed by atoms with Crippen LogP contribution in [0.2, 0.25) is 0 Å². The normalized spacial score (nSPS) is 15.1. The molecule has 6 nitrogen and oxygen atoms in total. The molecule has 26 heavy (non-hydrogen) atoms. The lowest BCUT2D eigenvalue weighted by Crippen LogP contribution is -2.37. The molecular weight excluding hydrogens is 347 g/mol. The van der Waals surface area contributed by atoms with E-state index >= 15 is 0 Å². The van der Waals surface area contributed by atoms with Crippen LogP contribution in [0.3, 0.4) is 0 Å². The zero-order valence-corrected chi connectivity index (χ0v) is 13.6. The molecule has 4 N–H and O–H groups in total. The van der Waals surface area contributed by atoms with Gasteiger partial charge in [0.05, 0.1) is 5.69 Å². The largest absolute Gasteiger partial charge is 0.573 e. The topological polar surface area (TPSA) is 89.2 Å². The van der Waals surface area contributed by atoms with Gasteiger partial charge < -0.3 is 21.1 Å². The first-order valence-corrected chi connectivity index (χ1v) is 7.71. The van der Waals surface area contributed by atoms with Crippen LogP contribution < -0.4 is 21.1 Å². The van der Waals surface area contributed by atoms with Crippen LogP contribution in [0.5, 0.6) is 5.75 Å². The van der Waals surface area contributed by atoms with Gasteiger partial charge >= 0.3 is 6.36 Å². The Morgan fingerprint density at radius 2 is 1.73 bits per heavy atom. The van der Waals surface area contributed by atoms with Crippen LogP contribution in [0, 0.1) is 0 Å². The van der Waals surface area contributed by atoms with Crippen molar-refractivity contribution >= 4 is 23.3 Å². The molecule has 9 heteroatoms. The Labute approximate surface area is 147 Å². The molecule has 0 aromatic heterocycles. The van der Waals surface area contributed by atoms with Crippen LogP contribution >= 0.6 is 0 Å². The van der Waals surface area contributed by atoms with Crippen molar-refractivity contribution in [3.63, 3.8) is 0 Å². The Morgan fingerprint density at radius 3 is 2.42 bits per heavy atom. The highest BCUT2D eigenvalue weighted by Crippen LogP contribution is 2.27. The summed E-state index contributed by atoms with van der Waals surface area (Å²) in [6.45, 7) is 0.686. The first kappa shape index (κ1) is 17.6. The van der Waals surface area contributed by atoms with Crippen molar-refractivity contribution in [1.29, 1.82) is 0 Å². The molecule has 0 saturated carbocycles. The first-order chi connectivity index (χ1) is 12.3. The maximum Gasteiger partial charge on any atom is 0.573 e. The van der Waals surface area contributed by atoms with Crippen LogP contribution in [0.25, 0.3) is 0 Å². The first-order valence-electron chi connectivity index (χ1n) is 7.71. The van der Waals surface area contributed by atoms with Crippen molar-refractivity contribution in [2.75, 3.05) is 11.4 Å². The summed E-state index contributed by atoms with van der Waals surface area (Å²) in [6.07, 6.45) is -3.89. The number of benzene rings is 2. The van der Waals surface area contributed by atoms with Gasteiger partial charge in [-0.2, -0.15) is 4.99 Å². The molecule has 0 fully saturated rings. The molecule has 0 bridgehead atoms. The van der Waals surface area contributed by atoms with E-state index < -0.39 is 6.36 Å². The molecule has 0 amide bonds. The number of guanidine groups is 2. The smallest absolute Gasteiger partial charge is 0.406 e. The Morgan fingerprint density at radius 1 is 1.04 bits per heavy atom. The van der Waals surface area contributed by atoms with Gasteiger partial charge in [-0.3, -0.25) is 0 Å². The van der Waals surface area contributed by atoms with Crippen LogP contribution in [0.15, 0.2) is 58.5 Å². The van der Waals surface area contributed by atoms with Gasteiger partial charge in [-0.05, 0) is 42.3 Å². The number of fused-ring (bicyclic) bond motifs is 1. The second-order valence-corrected chi connectivity index (χ2v) is 5.51. The second-order valence-electron chi connectivity index (χ2n) is 5.51. The number of nitrogens with two attached hydrogens (primary N) is 2. The Balaban J connectivity index is 1.73. The van der Waals surface area contributed by atoms with Gasteiger partial charge in [0.15, 0.2) is 0 Å². The Hall–Kier alpha value is -3.23. The van der Waals surface area contributed by atoms with E-state index in [4.69, 9.17) is 11.5 Å². The molecule has 136 valence electrons. The molecule has 0 spiro atoms. The zero-order valence-electron chi connectivity index (χ0n) is 13.6. The fraction of sp³-hybridized carbons (Fsp3) is 0.176. The van der Waals surface area contributed by atoms with E-state index in [0.717, 1.165) is 24.2 Å². The van der Waals surface area contributed by atoms with Crippen LogP contribution in [-0.4, -0.2) is 24.8 Å². The number of halogens is 3. The van der Waals surface area contributed by atoms with Crippen molar-refractivity contribution in [3.05, 3.63) is 54.1 Å². The molecule has 2 aromatic carbocycles. The number of aliphatic imine (C=N–C) groups is 2. The minimum atomic E-state index is -4.74. The van der Waals surface area contributed by atoms with Gasteiger partial charge in [0.1, 0.15) is 5.75 Å². The highest BCUT2D eigenvalue weighted by Gasteiger charge is 2.30. The van der Waals surface area contributed by atoms with Crippen molar-refractivity contribution in [2.45, 2.75) is 12.8 Å². The minimum Gasteiger partial charge on any atom is -0.406 e. The number of alkyl halides is 3. The van der Waals surface area contributed by atoms with Crippen LogP contribution in [-0.2, 0) is 6.42 Å². The molecule has 0 radical (unpaired) electrons. The summed E-state index contributed by atoms with van der Waals surface area (Å²) in [5.74, 6) is -0.240. The van der Waals surface area contributed by atoms with E-state index in [1.54, 1.807) is 0 Å². The molecule has 0 atom stereocenters. The summed E-state index contributed by atoms with van der Waals surface area (Å²) < 4.78 is 40.2. The standard InChI is InChI=1S/C17H16F3N5O/c18-17(19,20)26-13-7-5-12(6-8-13)23-15(21)24-16(22)25-10-9-11-3-1-2-4-14(11)25/h1-8H,9-10H2,(H4,21,22,23,24). The van der Waals surface area contributed by atoms with Crippen molar-refractivity contribution in [3.8, 4) is 5.75 Å². The summed E-state index contributed by atoms with van der Waals surface area (Å²) in [5.41, 5.74) is 14.3. The van der Waals surface area contributed by atoms with E-state index in [9.17, 15) is 13.2 Å². The van der Waals surface area contributed by atoms with Gasteiger partial charge in [0, 0.05) is 12.2 Å². The summed E-state index contributed by atoms with van der Waals surface area (Å²) in [7, 11) is 0. The average molecular weight is 363 g/mol. The average Bonchev–Trinajstić information content (AvgIpc) is 2.99. The summed E-state index contributed by atoms with van der Waals surface area (Å²) in [5, 5.41) is 0. The van der Waals surface area contributed by atoms with E-state index in [1.165, 1.54) is 17.7 Å². The van der Waals surface area contributed by atoms with Crippen molar-refractivity contribution in [1.82, 2.24) is 0 Å². The highest BCUT2D eigenvalue weighted by molar-refractivity contribution is 6.03. The summed E-state index contributed by atoms with van der Waals surface area (Å²) >= 11 is 0.